The van der Waals surface area contributed by atoms with E-state index < -0.39 is 0 Å². The van der Waals surface area contributed by atoms with E-state index >= 15 is 0 Å². The first-order chi connectivity index (χ1) is 7.24. The number of nitrogens with zero attached hydrogens (tertiary/aromatic N) is 1. The van der Waals surface area contributed by atoms with Crippen LogP contribution in [0.15, 0.2) is 40.8 Å². The van der Waals surface area contributed by atoms with E-state index in [0.717, 1.165) is 5.69 Å². The molecule has 0 N–H and O–H groups in total. The standard InChI is InChI=1S/C10H6ClNOS2/c11-6-8-9(13)12(10(14)15-8)7-4-2-1-3-5-7/h1-6H. The van der Waals surface area contributed by atoms with E-state index in [9.17, 15) is 4.79 Å². The topological polar surface area (TPSA) is 20.3 Å². The van der Waals surface area contributed by atoms with Gasteiger partial charge in [-0.25, -0.2) is 0 Å². The summed E-state index contributed by atoms with van der Waals surface area (Å²) < 4.78 is 0.512. The van der Waals surface area contributed by atoms with Crippen LogP contribution in [0.3, 0.4) is 0 Å². The second kappa shape index (κ2) is 4.35. The summed E-state index contributed by atoms with van der Waals surface area (Å²) in [4.78, 5) is 13.8. The molecule has 5 heteroatoms. The van der Waals surface area contributed by atoms with Crippen LogP contribution < -0.4 is 4.90 Å². The molecule has 1 aromatic rings. The quantitative estimate of drug-likeness (QED) is 0.568. The first-order valence-corrected chi connectivity index (χ1v) is 5.82. The minimum atomic E-state index is -0.161. The lowest BCUT2D eigenvalue weighted by Crippen LogP contribution is -2.27. The number of halogens is 1. The number of hydrogen-bond acceptors (Lipinski definition) is 3. The number of rotatable bonds is 1. The maximum Gasteiger partial charge on any atom is 0.271 e. The summed E-state index contributed by atoms with van der Waals surface area (Å²) in [5.41, 5.74) is 2.04. The van der Waals surface area contributed by atoms with E-state index in [0.29, 0.717) is 9.23 Å². The highest BCUT2D eigenvalue weighted by molar-refractivity contribution is 8.27. The summed E-state index contributed by atoms with van der Waals surface area (Å²) in [7, 11) is 0. The summed E-state index contributed by atoms with van der Waals surface area (Å²) in [6.45, 7) is 0. The maximum absolute atomic E-state index is 11.8. The largest absolute Gasteiger partial charge is 0.271 e. The van der Waals surface area contributed by atoms with Gasteiger partial charge in [-0.1, -0.05) is 53.8 Å². The summed E-state index contributed by atoms with van der Waals surface area (Å²) in [5.74, 6) is -0.161. The van der Waals surface area contributed by atoms with Gasteiger partial charge in [-0.2, -0.15) is 0 Å². The molecule has 0 bridgehead atoms. The maximum atomic E-state index is 11.8. The predicted octanol–water partition coefficient (Wildman–Crippen LogP) is 3.13. The molecule has 2 nitrogen and oxygen atoms in total. The van der Waals surface area contributed by atoms with Gasteiger partial charge in [-0.3, -0.25) is 9.69 Å². The number of carbonyl (C=O) groups is 1. The lowest BCUT2D eigenvalue weighted by Gasteiger charge is -2.13. The Bertz CT molecular complexity index is 444. The van der Waals surface area contributed by atoms with Gasteiger partial charge in [0.25, 0.3) is 5.91 Å². The molecule has 1 saturated heterocycles. The van der Waals surface area contributed by atoms with Crippen LogP contribution in [0.4, 0.5) is 5.69 Å². The average Bonchev–Trinajstić information content (AvgIpc) is 2.55. The summed E-state index contributed by atoms with van der Waals surface area (Å²) in [5, 5.41) is 0. The molecule has 0 aromatic heterocycles. The molecular formula is C10H6ClNOS2. The molecule has 0 atom stereocenters. The number of hydrogen-bond donors (Lipinski definition) is 0. The third kappa shape index (κ3) is 1.93. The van der Waals surface area contributed by atoms with Gasteiger partial charge in [0.15, 0.2) is 4.32 Å². The van der Waals surface area contributed by atoms with Crippen LogP contribution in [0.1, 0.15) is 0 Å². The third-order valence-corrected chi connectivity index (χ3v) is 3.56. The van der Waals surface area contributed by atoms with Crippen LogP contribution in [0.5, 0.6) is 0 Å². The number of amides is 1. The van der Waals surface area contributed by atoms with Crippen molar-refractivity contribution >= 4 is 51.5 Å². The number of thioether (sulfide) groups is 1. The normalized spacial score (nSPS) is 19.0. The van der Waals surface area contributed by atoms with Crippen molar-refractivity contribution in [2.24, 2.45) is 0 Å². The highest BCUT2D eigenvalue weighted by atomic mass is 35.5. The van der Waals surface area contributed by atoms with E-state index in [4.69, 9.17) is 23.8 Å². The van der Waals surface area contributed by atoms with Crippen molar-refractivity contribution in [2.45, 2.75) is 0 Å². The van der Waals surface area contributed by atoms with Gasteiger partial charge in [-0.05, 0) is 12.1 Å². The second-order valence-corrected chi connectivity index (χ2v) is 4.71. The van der Waals surface area contributed by atoms with Crippen molar-refractivity contribution in [2.75, 3.05) is 4.90 Å². The van der Waals surface area contributed by atoms with E-state index in [1.165, 1.54) is 22.2 Å². The summed E-state index contributed by atoms with van der Waals surface area (Å²) >= 11 is 11.9. The Balaban J connectivity index is 2.40. The van der Waals surface area contributed by atoms with Crippen molar-refractivity contribution < 1.29 is 4.79 Å². The van der Waals surface area contributed by atoms with E-state index in [1.54, 1.807) is 0 Å². The van der Waals surface area contributed by atoms with Gasteiger partial charge in [0, 0.05) is 5.54 Å². The zero-order chi connectivity index (χ0) is 10.8. The highest BCUT2D eigenvalue weighted by Crippen LogP contribution is 2.34. The fourth-order valence-corrected chi connectivity index (χ4v) is 2.62. The van der Waals surface area contributed by atoms with Gasteiger partial charge >= 0.3 is 0 Å². The smallest absolute Gasteiger partial charge is 0.268 e. The zero-order valence-corrected chi connectivity index (χ0v) is 9.90. The molecule has 0 radical (unpaired) electrons. The molecule has 0 unspecified atom stereocenters. The first kappa shape index (κ1) is 10.7. The summed E-state index contributed by atoms with van der Waals surface area (Å²) in [6, 6.07) is 9.28. The minimum absolute atomic E-state index is 0.161. The molecule has 76 valence electrons. The lowest BCUT2D eigenvalue weighted by atomic mass is 10.3. The summed E-state index contributed by atoms with van der Waals surface area (Å²) in [6.07, 6.45) is 0. The van der Waals surface area contributed by atoms with Crippen molar-refractivity contribution in [1.29, 1.82) is 0 Å². The van der Waals surface area contributed by atoms with Crippen LogP contribution in [-0.2, 0) is 4.79 Å². The fourth-order valence-electron chi connectivity index (χ4n) is 1.25. The van der Waals surface area contributed by atoms with Gasteiger partial charge in [-0.15, -0.1) is 0 Å². The fraction of sp³-hybridized carbons (Fsp3) is 0. The Kier molecular flexibility index (Phi) is 3.09. The molecule has 0 spiro atoms. The van der Waals surface area contributed by atoms with E-state index in [2.05, 4.69) is 0 Å². The average molecular weight is 256 g/mol. The van der Waals surface area contributed by atoms with E-state index in [1.807, 2.05) is 30.3 Å². The molecular weight excluding hydrogens is 250 g/mol. The van der Waals surface area contributed by atoms with Crippen LogP contribution in [0, 0.1) is 0 Å². The van der Waals surface area contributed by atoms with Crippen LogP contribution in [-0.4, -0.2) is 10.2 Å². The molecule has 2 rings (SSSR count). The van der Waals surface area contributed by atoms with Crippen LogP contribution >= 0.6 is 35.6 Å². The number of benzene rings is 1. The minimum Gasteiger partial charge on any atom is -0.268 e. The Morgan fingerprint density at radius 2 is 2.00 bits per heavy atom. The molecule has 0 aliphatic carbocycles. The molecule has 1 aliphatic rings. The molecule has 1 heterocycles. The van der Waals surface area contributed by atoms with Crippen molar-refractivity contribution in [3.05, 3.63) is 40.8 Å². The van der Waals surface area contributed by atoms with Crippen LogP contribution in [0.2, 0.25) is 0 Å². The lowest BCUT2D eigenvalue weighted by molar-refractivity contribution is -0.113. The number of thiocarbonyl (C=S) groups is 1. The van der Waals surface area contributed by atoms with Crippen molar-refractivity contribution in [3.8, 4) is 0 Å². The van der Waals surface area contributed by atoms with Crippen LogP contribution in [0.25, 0.3) is 0 Å². The van der Waals surface area contributed by atoms with Crippen molar-refractivity contribution in [3.63, 3.8) is 0 Å². The predicted molar refractivity (Wildman–Crippen MR) is 68.1 cm³/mol. The SMILES string of the molecule is O=C1C(=CCl)SC(=S)N1c1ccccc1. The van der Waals surface area contributed by atoms with Gasteiger partial charge in [0.05, 0.1) is 10.6 Å². The molecule has 1 aromatic carbocycles. The Labute approximate surface area is 102 Å². The molecule has 1 fully saturated rings. The number of anilines is 1. The molecule has 1 aliphatic heterocycles. The Hall–Kier alpha value is -0.840. The number of para-hydroxylation sites is 1. The number of carbonyl (C=O) groups excluding carboxylic acids is 1. The van der Waals surface area contributed by atoms with Gasteiger partial charge < -0.3 is 0 Å². The monoisotopic (exact) mass is 255 g/mol. The molecule has 1 amide bonds. The van der Waals surface area contributed by atoms with Gasteiger partial charge in [0.2, 0.25) is 0 Å². The Morgan fingerprint density at radius 1 is 1.33 bits per heavy atom. The molecule has 15 heavy (non-hydrogen) atoms. The second-order valence-electron chi connectivity index (χ2n) is 2.82. The van der Waals surface area contributed by atoms with Gasteiger partial charge in [0.1, 0.15) is 0 Å². The highest BCUT2D eigenvalue weighted by Gasteiger charge is 2.32. The first-order valence-electron chi connectivity index (χ1n) is 4.15. The van der Waals surface area contributed by atoms with Crippen molar-refractivity contribution in [1.82, 2.24) is 0 Å². The zero-order valence-electron chi connectivity index (χ0n) is 7.51. The molecule has 0 saturated carbocycles. The third-order valence-electron chi connectivity index (χ3n) is 1.91. The van der Waals surface area contributed by atoms with E-state index in [-0.39, 0.29) is 5.91 Å². The Morgan fingerprint density at radius 3 is 2.53 bits per heavy atom.